The summed E-state index contributed by atoms with van der Waals surface area (Å²) in [7, 11) is -2.42. The average molecular weight is 483 g/mol. The summed E-state index contributed by atoms with van der Waals surface area (Å²) in [5, 5.41) is 2.69. The van der Waals surface area contributed by atoms with Gasteiger partial charge in [0.2, 0.25) is 10.0 Å². The van der Waals surface area contributed by atoms with Gasteiger partial charge in [0.15, 0.2) is 6.61 Å². The fraction of sp³-hybridized carbons (Fsp3) is 0.263. The van der Waals surface area contributed by atoms with E-state index in [4.69, 9.17) is 4.74 Å². The van der Waals surface area contributed by atoms with Crippen LogP contribution in [0.5, 0.6) is 5.75 Å². The van der Waals surface area contributed by atoms with Crippen molar-refractivity contribution in [1.82, 2.24) is 4.72 Å². The molecule has 0 aromatic heterocycles. The molecule has 1 saturated carbocycles. The Morgan fingerprint density at radius 3 is 2.62 bits per heavy atom. The quantitative estimate of drug-likeness (QED) is 0.559. The van der Waals surface area contributed by atoms with Gasteiger partial charge in [0, 0.05) is 22.3 Å². The van der Waals surface area contributed by atoms with Gasteiger partial charge in [-0.25, -0.2) is 17.9 Å². The molecule has 29 heavy (non-hydrogen) atoms. The SMILES string of the molecule is COC(=O)COc1cccc(NC(=O)c2cc(S(=O)(=O)NC3CC3)ccc2Br)c1. The molecule has 1 aliphatic carbocycles. The second-order valence-electron chi connectivity index (χ2n) is 6.38. The van der Waals surface area contributed by atoms with E-state index >= 15 is 0 Å². The molecule has 0 atom stereocenters. The second kappa shape index (κ2) is 8.93. The molecule has 2 N–H and O–H groups in total. The number of rotatable bonds is 8. The van der Waals surface area contributed by atoms with E-state index in [0.29, 0.717) is 15.9 Å². The van der Waals surface area contributed by atoms with Gasteiger partial charge in [0.25, 0.3) is 5.91 Å². The molecule has 0 heterocycles. The highest BCUT2D eigenvalue weighted by Crippen LogP contribution is 2.26. The van der Waals surface area contributed by atoms with Crippen molar-refractivity contribution in [2.45, 2.75) is 23.8 Å². The number of methoxy groups -OCH3 is 1. The molecule has 10 heteroatoms. The maximum absolute atomic E-state index is 12.7. The van der Waals surface area contributed by atoms with Crippen molar-refractivity contribution in [3.63, 3.8) is 0 Å². The lowest BCUT2D eigenvalue weighted by Gasteiger charge is -2.11. The molecule has 0 unspecified atom stereocenters. The molecule has 0 saturated heterocycles. The highest BCUT2D eigenvalue weighted by atomic mass is 79.9. The smallest absolute Gasteiger partial charge is 0.343 e. The molecule has 2 aromatic carbocycles. The van der Waals surface area contributed by atoms with Crippen LogP contribution in [-0.4, -0.2) is 40.1 Å². The van der Waals surface area contributed by atoms with Gasteiger partial charge in [-0.15, -0.1) is 0 Å². The number of hydrogen-bond acceptors (Lipinski definition) is 6. The summed E-state index contributed by atoms with van der Waals surface area (Å²) in [6.07, 6.45) is 1.63. The molecule has 0 aliphatic heterocycles. The fourth-order valence-electron chi connectivity index (χ4n) is 2.40. The Hall–Kier alpha value is -2.43. The molecular weight excluding hydrogens is 464 g/mol. The van der Waals surface area contributed by atoms with Crippen LogP contribution in [0.2, 0.25) is 0 Å². The van der Waals surface area contributed by atoms with E-state index in [0.717, 1.165) is 12.8 Å². The summed E-state index contributed by atoms with van der Waals surface area (Å²) in [6.45, 7) is -0.257. The number of nitrogens with one attached hydrogen (secondary N) is 2. The largest absolute Gasteiger partial charge is 0.482 e. The number of esters is 1. The van der Waals surface area contributed by atoms with Crippen LogP contribution in [0.3, 0.4) is 0 Å². The van der Waals surface area contributed by atoms with Gasteiger partial charge < -0.3 is 14.8 Å². The molecule has 3 rings (SSSR count). The monoisotopic (exact) mass is 482 g/mol. The van der Waals surface area contributed by atoms with Crippen LogP contribution in [0.15, 0.2) is 51.8 Å². The van der Waals surface area contributed by atoms with Crippen molar-refractivity contribution < 1.29 is 27.5 Å². The number of benzene rings is 2. The van der Waals surface area contributed by atoms with Crippen LogP contribution in [0.25, 0.3) is 0 Å². The summed E-state index contributed by atoms with van der Waals surface area (Å²) in [5.41, 5.74) is 0.596. The molecule has 154 valence electrons. The fourth-order valence-corrected chi connectivity index (χ4v) is 4.15. The Kier molecular flexibility index (Phi) is 6.56. The standard InChI is InChI=1S/C19H19BrN2O6S/c1-27-18(23)11-28-14-4-2-3-13(9-14)21-19(24)16-10-15(7-8-17(16)20)29(25,26)22-12-5-6-12/h2-4,7-10,12,22H,5-6,11H2,1H3,(H,21,24). The zero-order chi connectivity index (χ0) is 21.0. The molecule has 8 nitrogen and oxygen atoms in total. The van der Waals surface area contributed by atoms with Gasteiger partial charge in [0.05, 0.1) is 17.6 Å². The van der Waals surface area contributed by atoms with Crippen molar-refractivity contribution >= 4 is 43.5 Å². The molecule has 0 bridgehead atoms. The van der Waals surface area contributed by atoms with E-state index in [1.54, 1.807) is 24.3 Å². The lowest BCUT2D eigenvalue weighted by Crippen LogP contribution is -2.26. The zero-order valence-corrected chi connectivity index (χ0v) is 17.9. The minimum Gasteiger partial charge on any atom is -0.482 e. The summed E-state index contributed by atoms with van der Waals surface area (Å²) in [4.78, 5) is 23.9. The molecule has 2 aromatic rings. The Bertz CT molecular complexity index is 1040. The summed E-state index contributed by atoms with van der Waals surface area (Å²) in [6, 6.07) is 10.7. The van der Waals surface area contributed by atoms with E-state index in [2.05, 4.69) is 30.7 Å². The predicted octanol–water partition coefficient (Wildman–Crippen LogP) is 2.69. The third-order valence-electron chi connectivity index (χ3n) is 4.07. The molecule has 0 spiro atoms. The zero-order valence-electron chi connectivity index (χ0n) is 15.5. The Morgan fingerprint density at radius 2 is 1.93 bits per heavy atom. The number of anilines is 1. The third kappa shape index (κ3) is 5.78. The first-order valence-corrected chi connectivity index (χ1v) is 11.0. The topological polar surface area (TPSA) is 111 Å². The molecule has 1 fully saturated rings. The maximum Gasteiger partial charge on any atom is 0.343 e. The number of hydrogen-bond donors (Lipinski definition) is 2. The van der Waals surface area contributed by atoms with Crippen molar-refractivity contribution in [3.05, 3.63) is 52.5 Å². The van der Waals surface area contributed by atoms with Crippen molar-refractivity contribution in [1.29, 1.82) is 0 Å². The van der Waals surface area contributed by atoms with Crippen molar-refractivity contribution in [3.8, 4) is 5.75 Å². The molecule has 1 aliphatic rings. The van der Waals surface area contributed by atoms with Crippen LogP contribution in [0.1, 0.15) is 23.2 Å². The maximum atomic E-state index is 12.7. The second-order valence-corrected chi connectivity index (χ2v) is 8.95. The Balaban J connectivity index is 1.75. The third-order valence-corrected chi connectivity index (χ3v) is 6.28. The number of sulfonamides is 1. The lowest BCUT2D eigenvalue weighted by atomic mass is 10.2. The Morgan fingerprint density at radius 1 is 1.17 bits per heavy atom. The number of halogens is 1. The minimum atomic E-state index is -3.68. The van der Waals surface area contributed by atoms with Crippen molar-refractivity contribution in [2.24, 2.45) is 0 Å². The summed E-state index contributed by atoms with van der Waals surface area (Å²) in [5.74, 6) is -0.649. The van der Waals surface area contributed by atoms with Crippen LogP contribution in [0, 0.1) is 0 Å². The van der Waals surface area contributed by atoms with Gasteiger partial charge in [0.1, 0.15) is 5.75 Å². The Labute approximate surface area is 176 Å². The van der Waals surface area contributed by atoms with Gasteiger partial charge >= 0.3 is 5.97 Å². The predicted molar refractivity (Wildman–Crippen MR) is 109 cm³/mol. The van der Waals surface area contributed by atoms with Gasteiger partial charge in [-0.1, -0.05) is 6.07 Å². The van der Waals surface area contributed by atoms with E-state index in [1.165, 1.54) is 25.3 Å². The van der Waals surface area contributed by atoms with Crippen LogP contribution >= 0.6 is 15.9 Å². The lowest BCUT2D eigenvalue weighted by molar-refractivity contribution is -0.142. The molecule has 0 radical (unpaired) electrons. The van der Waals surface area contributed by atoms with Gasteiger partial charge in [-0.2, -0.15) is 0 Å². The summed E-state index contributed by atoms with van der Waals surface area (Å²) >= 11 is 3.29. The van der Waals surface area contributed by atoms with E-state index in [-0.39, 0.29) is 23.1 Å². The molecular formula is C19H19BrN2O6S. The number of carbonyl (C=O) groups excluding carboxylic acids is 2. The normalized spacial score (nSPS) is 13.6. The average Bonchev–Trinajstić information content (AvgIpc) is 3.49. The van der Waals surface area contributed by atoms with Crippen molar-refractivity contribution in [2.75, 3.05) is 19.0 Å². The van der Waals surface area contributed by atoms with Gasteiger partial charge in [-0.3, -0.25) is 4.79 Å². The van der Waals surface area contributed by atoms with Crippen LogP contribution < -0.4 is 14.8 Å². The van der Waals surface area contributed by atoms with E-state index in [9.17, 15) is 18.0 Å². The highest BCUT2D eigenvalue weighted by Gasteiger charge is 2.28. The highest BCUT2D eigenvalue weighted by molar-refractivity contribution is 9.10. The van der Waals surface area contributed by atoms with E-state index in [1.807, 2.05) is 0 Å². The van der Waals surface area contributed by atoms with Crippen LogP contribution in [-0.2, 0) is 19.6 Å². The molecule has 1 amide bonds. The number of carbonyl (C=O) groups is 2. The minimum absolute atomic E-state index is 0.0212. The summed E-state index contributed by atoms with van der Waals surface area (Å²) < 4.78 is 37.7. The van der Waals surface area contributed by atoms with Gasteiger partial charge in [-0.05, 0) is 59.1 Å². The number of ether oxygens (including phenoxy) is 2. The number of amides is 1. The first-order chi connectivity index (χ1) is 13.8. The van der Waals surface area contributed by atoms with E-state index < -0.39 is 21.9 Å². The first kappa shape index (κ1) is 21.3. The first-order valence-electron chi connectivity index (χ1n) is 8.71. The van der Waals surface area contributed by atoms with Crippen LogP contribution in [0.4, 0.5) is 5.69 Å².